The Morgan fingerprint density at radius 3 is 2.61 bits per heavy atom. The number of carbonyl (C=O) groups is 1. The van der Waals surface area contributed by atoms with Gasteiger partial charge in [0.15, 0.2) is 11.4 Å². The average Bonchev–Trinajstić information content (AvgIpc) is 3.31. The highest BCUT2D eigenvalue weighted by Gasteiger charge is 2.21. The van der Waals surface area contributed by atoms with E-state index in [4.69, 9.17) is 4.74 Å². The minimum absolute atomic E-state index is 0.0763. The molecular weight excluding hydrogens is 404 g/mol. The van der Waals surface area contributed by atoms with Crippen LogP contribution in [0.1, 0.15) is 41.6 Å². The monoisotopic (exact) mass is 425 g/mol. The quantitative estimate of drug-likeness (QED) is 0.493. The fourth-order valence-electron chi connectivity index (χ4n) is 3.36. The average molecular weight is 425 g/mol. The summed E-state index contributed by atoms with van der Waals surface area (Å²) in [5, 5.41) is 7.07. The van der Waals surface area contributed by atoms with E-state index in [0.29, 0.717) is 28.6 Å². The summed E-state index contributed by atoms with van der Waals surface area (Å²) in [5.74, 6) is -0.859. The summed E-state index contributed by atoms with van der Waals surface area (Å²) >= 11 is 0. The maximum Gasteiger partial charge on any atom is 0.275 e. The van der Waals surface area contributed by atoms with Crippen LogP contribution in [0.15, 0.2) is 48.8 Å². The fourth-order valence-corrected chi connectivity index (χ4v) is 3.36. The lowest BCUT2D eigenvalue weighted by Gasteiger charge is -2.12. The first-order chi connectivity index (χ1) is 14.9. The molecule has 0 aliphatic rings. The van der Waals surface area contributed by atoms with Crippen molar-refractivity contribution in [3.63, 3.8) is 0 Å². The van der Waals surface area contributed by atoms with E-state index in [1.807, 2.05) is 13.8 Å². The van der Waals surface area contributed by atoms with E-state index in [-0.39, 0.29) is 24.1 Å². The normalized spacial score (nSPS) is 11.3. The summed E-state index contributed by atoms with van der Waals surface area (Å²) in [6.45, 7) is 5.33. The highest BCUT2D eigenvalue weighted by Crippen LogP contribution is 2.25. The molecule has 0 radical (unpaired) electrons. The van der Waals surface area contributed by atoms with Crippen molar-refractivity contribution in [2.45, 2.75) is 33.4 Å². The molecule has 0 spiro atoms. The van der Waals surface area contributed by atoms with E-state index < -0.39 is 11.6 Å². The number of hydrogen-bond donors (Lipinski definition) is 1. The summed E-state index contributed by atoms with van der Waals surface area (Å²) < 4.78 is 36.8. The molecule has 0 bridgehead atoms. The van der Waals surface area contributed by atoms with Gasteiger partial charge in [0.25, 0.3) is 5.91 Å². The van der Waals surface area contributed by atoms with Gasteiger partial charge in [0.05, 0.1) is 17.5 Å². The third-order valence-electron chi connectivity index (χ3n) is 4.84. The van der Waals surface area contributed by atoms with Crippen LogP contribution >= 0.6 is 0 Å². The number of fused-ring (bicyclic) bond motifs is 1. The van der Waals surface area contributed by atoms with Gasteiger partial charge in [-0.15, -0.1) is 0 Å². The Labute approximate surface area is 177 Å². The second-order valence-corrected chi connectivity index (χ2v) is 7.31. The molecule has 0 fully saturated rings. The van der Waals surface area contributed by atoms with Gasteiger partial charge in [-0.3, -0.25) is 9.20 Å². The van der Waals surface area contributed by atoms with Crippen molar-refractivity contribution in [3.8, 4) is 5.75 Å². The number of carbonyl (C=O) groups excluding carboxylic acids is 1. The smallest absolute Gasteiger partial charge is 0.275 e. The van der Waals surface area contributed by atoms with Gasteiger partial charge in [-0.1, -0.05) is 6.07 Å². The van der Waals surface area contributed by atoms with Crippen LogP contribution in [-0.2, 0) is 6.61 Å². The molecule has 0 aliphatic carbocycles. The number of ether oxygens (including phenoxy) is 1. The first kappa shape index (κ1) is 20.5. The highest BCUT2D eigenvalue weighted by molar-refractivity contribution is 6.04. The first-order valence-electron chi connectivity index (χ1n) is 9.75. The van der Waals surface area contributed by atoms with Crippen LogP contribution in [0, 0.1) is 18.6 Å². The molecule has 31 heavy (non-hydrogen) atoms. The molecule has 1 N–H and O–H groups in total. The molecule has 4 aromatic rings. The van der Waals surface area contributed by atoms with Gasteiger partial charge in [-0.25, -0.2) is 18.4 Å². The van der Waals surface area contributed by atoms with Crippen molar-refractivity contribution in [2.24, 2.45) is 0 Å². The number of imidazole rings is 1. The van der Waals surface area contributed by atoms with Gasteiger partial charge in [0.1, 0.15) is 29.8 Å². The summed E-state index contributed by atoms with van der Waals surface area (Å²) in [4.78, 5) is 17.5. The van der Waals surface area contributed by atoms with Crippen LogP contribution < -0.4 is 10.1 Å². The summed E-state index contributed by atoms with van der Waals surface area (Å²) in [6, 6.07) is 8.74. The maximum atomic E-state index is 13.9. The van der Waals surface area contributed by atoms with Crippen LogP contribution in [0.3, 0.4) is 0 Å². The lowest BCUT2D eigenvalue weighted by molar-refractivity contribution is 0.101. The Kier molecular flexibility index (Phi) is 5.41. The van der Waals surface area contributed by atoms with Crippen LogP contribution in [-0.4, -0.2) is 25.1 Å². The number of nitrogens with one attached hydrogen (secondary N) is 1. The molecule has 0 aliphatic heterocycles. The number of aryl methyl sites for hydroxylation is 1. The molecule has 9 heteroatoms. The van der Waals surface area contributed by atoms with E-state index in [9.17, 15) is 13.6 Å². The van der Waals surface area contributed by atoms with Crippen molar-refractivity contribution in [2.75, 3.05) is 5.32 Å². The van der Waals surface area contributed by atoms with Gasteiger partial charge in [-0.05, 0) is 45.0 Å². The molecule has 4 rings (SSSR count). The van der Waals surface area contributed by atoms with Gasteiger partial charge in [0.2, 0.25) is 0 Å². The third-order valence-corrected chi connectivity index (χ3v) is 4.84. The SMILES string of the molecule is Cc1nc2c(OCc3c(F)cccc3F)cccn2c1C(=O)Nc1ccnn1C(C)C. The summed E-state index contributed by atoms with van der Waals surface area (Å²) in [6.07, 6.45) is 3.30. The third kappa shape index (κ3) is 3.86. The molecule has 3 heterocycles. The van der Waals surface area contributed by atoms with Crippen molar-refractivity contribution in [3.05, 3.63) is 77.4 Å². The molecule has 0 saturated carbocycles. The summed E-state index contributed by atoms with van der Waals surface area (Å²) in [7, 11) is 0. The molecule has 1 amide bonds. The molecule has 0 atom stereocenters. The Balaban J connectivity index is 1.64. The zero-order valence-corrected chi connectivity index (χ0v) is 17.3. The van der Waals surface area contributed by atoms with Crippen molar-refractivity contribution in [1.29, 1.82) is 0 Å². The molecule has 160 valence electrons. The Bertz CT molecular complexity index is 1240. The second kappa shape index (κ2) is 8.17. The van der Waals surface area contributed by atoms with E-state index >= 15 is 0 Å². The summed E-state index contributed by atoms with van der Waals surface area (Å²) in [5.41, 5.74) is 1.02. The second-order valence-electron chi connectivity index (χ2n) is 7.31. The van der Waals surface area contributed by atoms with Crippen molar-refractivity contribution < 1.29 is 18.3 Å². The first-order valence-corrected chi connectivity index (χ1v) is 9.75. The number of pyridine rings is 1. The minimum Gasteiger partial charge on any atom is -0.485 e. The van der Waals surface area contributed by atoms with Gasteiger partial charge in [-0.2, -0.15) is 5.10 Å². The Hall–Kier alpha value is -3.75. The number of amides is 1. The largest absolute Gasteiger partial charge is 0.485 e. The molecule has 0 saturated heterocycles. The predicted molar refractivity (Wildman–Crippen MR) is 111 cm³/mol. The predicted octanol–water partition coefficient (Wildman–Crippen LogP) is 4.53. The van der Waals surface area contributed by atoms with E-state index in [1.165, 1.54) is 18.2 Å². The van der Waals surface area contributed by atoms with Gasteiger partial charge in [0, 0.05) is 18.3 Å². The highest BCUT2D eigenvalue weighted by atomic mass is 19.1. The number of aromatic nitrogens is 4. The van der Waals surface area contributed by atoms with Crippen LogP contribution in [0.5, 0.6) is 5.75 Å². The van der Waals surface area contributed by atoms with E-state index in [0.717, 1.165) is 0 Å². The van der Waals surface area contributed by atoms with Gasteiger partial charge < -0.3 is 10.1 Å². The zero-order chi connectivity index (χ0) is 22.1. The van der Waals surface area contributed by atoms with E-state index in [2.05, 4.69) is 15.4 Å². The zero-order valence-electron chi connectivity index (χ0n) is 17.3. The number of benzene rings is 1. The van der Waals surface area contributed by atoms with Gasteiger partial charge >= 0.3 is 0 Å². The standard InChI is InChI=1S/C22H21F2N5O2/c1-13(2)29-19(9-10-25-29)27-22(30)20-14(3)26-21-18(8-5-11-28(20)21)31-12-15-16(23)6-4-7-17(15)24/h4-11,13H,12H2,1-3H3,(H,27,30). The maximum absolute atomic E-state index is 13.9. The molecule has 1 aromatic carbocycles. The minimum atomic E-state index is -0.687. The Morgan fingerprint density at radius 1 is 1.16 bits per heavy atom. The fraction of sp³-hybridized carbons (Fsp3) is 0.227. The number of halogens is 2. The Morgan fingerprint density at radius 2 is 1.90 bits per heavy atom. The van der Waals surface area contributed by atoms with E-state index in [1.54, 1.807) is 46.6 Å². The van der Waals surface area contributed by atoms with Crippen LogP contribution in [0.25, 0.3) is 5.65 Å². The lowest BCUT2D eigenvalue weighted by Crippen LogP contribution is -2.19. The number of anilines is 1. The van der Waals surface area contributed by atoms with Crippen LogP contribution in [0.4, 0.5) is 14.6 Å². The molecule has 3 aromatic heterocycles. The molecule has 7 nitrogen and oxygen atoms in total. The van der Waals surface area contributed by atoms with Crippen molar-refractivity contribution in [1.82, 2.24) is 19.2 Å². The molecular formula is C22H21F2N5O2. The number of hydrogen-bond acceptors (Lipinski definition) is 4. The molecule has 0 unspecified atom stereocenters. The van der Waals surface area contributed by atoms with Crippen LogP contribution in [0.2, 0.25) is 0 Å². The number of rotatable bonds is 6. The number of nitrogens with zero attached hydrogens (tertiary/aromatic N) is 4. The topological polar surface area (TPSA) is 73.5 Å². The van der Waals surface area contributed by atoms with Crippen molar-refractivity contribution >= 4 is 17.4 Å². The lowest BCUT2D eigenvalue weighted by atomic mass is 10.2.